The predicted molar refractivity (Wildman–Crippen MR) is 87.6 cm³/mol. The van der Waals surface area contributed by atoms with Gasteiger partial charge in [0.2, 0.25) is 0 Å². The van der Waals surface area contributed by atoms with Gasteiger partial charge in [0.05, 0.1) is 11.9 Å². The smallest absolute Gasteiger partial charge is 0.177 e. The van der Waals surface area contributed by atoms with Crippen LogP contribution in [0.3, 0.4) is 0 Å². The minimum absolute atomic E-state index is 0.294. The zero-order chi connectivity index (χ0) is 15.2. The van der Waals surface area contributed by atoms with Crippen LogP contribution in [0.1, 0.15) is 11.1 Å². The van der Waals surface area contributed by atoms with Gasteiger partial charge >= 0.3 is 0 Å². The summed E-state index contributed by atoms with van der Waals surface area (Å²) in [5.74, 6) is 0. The van der Waals surface area contributed by atoms with Crippen LogP contribution in [0.5, 0.6) is 0 Å². The molecule has 0 bridgehead atoms. The molecule has 0 N–H and O–H groups in total. The molecule has 0 saturated heterocycles. The Morgan fingerprint density at radius 3 is 2.45 bits per heavy atom. The number of halogens is 1. The molecule has 3 rings (SSSR count). The molecule has 0 saturated carbocycles. The Bertz CT molecular complexity index is 773. The number of benzene rings is 1. The number of pyridine rings is 1. The number of aromatic nitrogens is 3. The fourth-order valence-electron chi connectivity index (χ4n) is 2.08. The molecule has 0 aliphatic rings. The summed E-state index contributed by atoms with van der Waals surface area (Å²) in [5, 5.41) is 7.87. The van der Waals surface area contributed by atoms with Gasteiger partial charge < -0.3 is 0 Å². The average molecular weight is 309 g/mol. The van der Waals surface area contributed by atoms with Crippen molar-refractivity contribution in [3.63, 3.8) is 0 Å². The first-order valence-corrected chi connectivity index (χ1v) is 7.20. The lowest BCUT2D eigenvalue weighted by molar-refractivity contribution is 1.03. The van der Waals surface area contributed by atoms with Gasteiger partial charge in [-0.3, -0.25) is 4.98 Å². The highest BCUT2D eigenvalue weighted by molar-refractivity contribution is 6.31. The SMILES string of the molecule is Clc1nnccc1N=C(Cc1ccccc1)c1ccncc1. The van der Waals surface area contributed by atoms with Gasteiger partial charge in [0.1, 0.15) is 5.69 Å². The van der Waals surface area contributed by atoms with Crippen molar-refractivity contribution in [2.45, 2.75) is 6.42 Å². The van der Waals surface area contributed by atoms with Gasteiger partial charge in [-0.05, 0) is 29.3 Å². The van der Waals surface area contributed by atoms with E-state index in [4.69, 9.17) is 11.6 Å². The van der Waals surface area contributed by atoms with Crippen molar-refractivity contribution in [3.8, 4) is 0 Å². The second kappa shape index (κ2) is 6.91. The Hall–Kier alpha value is -2.59. The molecule has 2 aromatic heterocycles. The highest BCUT2D eigenvalue weighted by Gasteiger charge is 2.07. The maximum atomic E-state index is 6.07. The fraction of sp³-hybridized carbons (Fsp3) is 0.0588. The molecule has 3 aromatic rings. The maximum Gasteiger partial charge on any atom is 0.177 e. The van der Waals surface area contributed by atoms with Crippen LogP contribution in [-0.2, 0) is 6.42 Å². The van der Waals surface area contributed by atoms with E-state index in [9.17, 15) is 0 Å². The van der Waals surface area contributed by atoms with Gasteiger partial charge in [-0.15, -0.1) is 5.10 Å². The van der Waals surface area contributed by atoms with E-state index >= 15 is 0 Å². The molecule has 0 aliphatic carbocycles. The summed E-state index contributed by atoms with van der Waals surface area (Å²) in [6, 6.07) is 15.8. The van der Waals surface area contributed by atoms with Gasteiger partial charge in [0.15, 0.2) is 5.15 Å². The van der Waals surface area contributed by atoms with Crippen molar-refractivity contribution in [3.05, 3.63) is 83.4 Å². The van der Waals surface area contributed by atoms with E-state index in [0.29, 0.717) is 17.3 Å². The van der Waals surface area contributed by atoms with Crippen molar-refractivity contribution in [1.82, 2.24) is 15.2 Å². The highest BCUT2D eigenvalue weighted by Crippen LogP contribution is 2.22. The van der Waals surface area contributed by atoms with Crippen molar-refractivity contribution in [1.29, 1.82) is 0 Å². The lowest BCUT2D eigenvalue weighted by Gasteiger charge is -2.08. The van der Waals surface area contributed by atoms with Gasteiger partial charge in [-0.25, -0.2) is 4.99 Å². The second-order valence-corrected chi connectivity index (χ2v) is 5.02. The summed E-state index contributed by atoms with van der Waals surface area (Å²) >= 11 is 6.07. The van der Waals surface area contributed by atoms with Crippen LogP contribution < -0.4 is 0 Å². The van der Waals surface area contributed by atoms with E-state index in [0.717, 1.165) is 11.3 Å². The Morgan fingerprint density at radius 2 is 1.73 bits per heavy atom. The Balaban J connectivity index is 2.02. The van der Waals surface area contributed by atoms with Crippen LogP contribution in [-0.4, -0.2) is 20.9 Å². The third-order valence-electron chi connectivity index (χ3n) is 3.14. The predicted octanol–water partition coefficient (Wildman–Crippen LogP) is 3.89. The van der Waals surface area contributed by atoms with Crippen LogP contribution in [0.25, 0.3) is 0 Å². The normalized spacial score (nSPS) is 11.4. The van der Waals surface area contributed by atoms with Gasteiger partial charge in [0, 0.05) is 18.8 Å². The minimum Gasteiger partial charge on any atom is -0.265 e. The van der Waals surface area contributed by atoms with Gasteiger partial charge in [0.25, 0.3) is 0 Å². The van der Waals surface area contributed by atoms with E-state index in [-0.39, 0.29) is 0 Å². The molecule has 0 aliphatic heterocycles. The largest absolute Gasteiger partial charge is 0.265 e. The quantitative estimate of drug-likeness (QED) is 0.687. The van der Waals surface area contributed by atoms with E-state index in [1.165, 1.54) is 5.56 Å². The van der Waals surface area contributed by atoms with Crippen LogP contribution >= 0.6 is 11.6 Å². The number of nitrogens with zero attached hydrogens (tertiary/aromatic N) is 4. The van der Waals surface area contributed by atoms with Crippen LogP contribution in [0.15, 0.2) is 72.1 Å². The number of rotatable bonds is 4. The third-order valence-corrected chi connectivity index (χ3v) is 3.41. The number of aliphatic imine (C=N–C) groups is 1. The zero-order valence-electron chi connectivity index (χ0n) is 11.7. The second-order valence-electron chi connectivity index (χ2n) is 4.66. The first-order valence-electron chi connectivity index (χ1n) is 6.82. The van der Waals surface area contributed by atoms with Gasteiger partial charge in [-0.1, -0.05) is 41.9 Å². The third kappa shape index (κ3) is 3.54. The lowest BCUT2D eigenvalue weighted by Crippen LogP contribution is -2.05. The standard InChI is InChI=1S/C17H13ClN4/c18-17-15(8-11-20-22-17)21-16(14-6-9-19-10-7-14)12-13-4-2-1-3-5-13/h1-11H,12H2. The maximum absolute atomic E-state index is 6.07. The fourth-order valence-corrected chi connectivity index (χ4v) is 2.23. The van der Waals surface area contributed by atoms with E-state index in [1.54, 1.807) is 24.7 Å². The Kier molecular flexibility index (Phi) is 4.51. The molecular formula is C17H13ClN4. The molecule has 0 fully saturated rings. The molecule has 0 amide bonds. The highest BCUT2D eigenvalue weighted by atomic mass is 35.5. The molecule has 5 heteroatoms. The van der Waals surface area contributed by atoms with Crippen molar-refractivity contribution >= 4 is 23.0 Å². The summed E-state index contributed by atoms with van der Waals surface area (Å²) in [4.78, 5) is 8.73. The minimum atomic E-state index is 0.294. The molecule has 0 radical (unpaired) electrons. The van der Waals surface area contributed by atoms with Crippen molar-refractivity contribution in [2.24, 2.45) is 4.99 Å². The summed E-state index contributed by atoms with van der Waals surface area (Å²) in [5.41, 5.74) is 3.70. The molecule has 0 atom stereocenters. The zero-order valence-corrected chi connectivity index (χ0v) is 12.5. The molecule has 1 aromatic carbocycles. The molecule has 22 heavy (non-hydrogen) atoms. The summed E-state index contributed by atoms with van der Waals surface area (Å²) < 4.78 is 0. The van der Waals surface area contributed by atoms with Gasteiger partial charge in [-0.2, -0.15) is 5.10 Å². The summed E-state index contributed by atoms with van der Waals surface area (Å²) in [6.45, 7) is 0. The summed E-state index contributed by atoms with van der Waals surface area (Å²) in [6.07, 6.45) is 5.78. The Morgan fingerprint density at radius 1 is 0.955 bits per heavy atom. The lowest BCUT2D eigenvalue weighted by atomic mass is 10.0. The Labute approximate surface area is 133 Å². The molecule has 108 valence electrons. The summed E-state index contributed by atoms with van der Waals surface area (Å²) in [7, 11) is 0. The number of hydrogen-bond donors (Lipinski definition) is 0. The number of hydrogen-bond acceptors (Lipinski definition) is 4. The van der Waals surface area contributed by atoms with Crippen LogP contribution in [0.2, 0.25) is 5.15 Å². The average Bonchev–Trinajstić information content (AvgIpc) is 2.58. The first-order chi connectivity index (χ1) is 10.8. The molecule has 0 spiro atoms. The van der Waals surface area contributed by atoms with E-state index in [2.05, 4.69) is 32.3 Å². The first kappa shape index (κ1) is 14.4. The molecule has 4 nitrogen and oxygen atoms in total. The topological polar surface area (TPSA) is 51.0 Å². The monoisotopic (exact) mass is 308 g/mol. The van der Waals surface area contributed by atoms with Crippen LogP contribution in [0.4, 0.5) is 5.69 Å². The molecule has 2 heterocycles. The van der Waals surface area contributed by atoms with Crippen molar-refractivity contribution < 1.29 is 0 Å². The molecule has 0 unspecified atom stereocenters. The van der Waals surface area contributed by atoms with E-state index in [1.807, 2.05) is 30.3 Å². The van der Waals surface area contributed by atoms with E-state index < -0.39 is 0 Å². The van der Waals surface area contributed by atoms with Crippen molar-refractivity contribution in [2.75, 3.05) is 0 Å². The molecular weight excluding hydrogens is 296 g/mol. The van der Waals surface area contributed by atoms with Crippen LogP contribution in [0, 0.1) is 0 Å².